The Hall–Kier alpha value is -1.43. The molecule has 1 aliphatic rings. The molecule has 1 aliphatic heterocycles. The minimum Gasteiger partial charge on any atom is -0.348 e. The van der Waals surface area contributed by atoms with E-state index in [1.165, 1.54) is 12.1 Å². The summed E-state index contributed by atoms with van der Waals surface area (Å²) in [4.78, 5) is 21.4. The number of rotatable bonds is 1. The molecule has 6 heteroatoms. The molecule has 0 aromatic heterocycles. The molecule has 0 bridgehead atoms. The minimum absolute atomic E-state index is 0.0125. The Bertz CT molecular complexity index is 444. The summed E-state index contributed by atoms with van der Waals surface area (Å²) in [5.74, 6) is -0.268. The number of nitro benzene ring substituents is 1. The molecule has 1 heterocycles. The molecule has 0 saturated heterocycles. The summed E-state index contributed by atoms with van der Waals surface area (Å²) in [6.07, 6.45) is 0. The zero-order chi connectivity index (χ0) is 10.3. The van der Waals surface area contributed by atoms with Crippen molar-refractivity contribution in [3.63, 3.8) is 0 Å². The number of halogens is 1. The third-order valence-electron chi connectivity index (χ3n) is 2.09. The second-order valence-corrected chi connectivity index (χ2v) is 3.71. The molecule has 1 aromatic rings. The van der Waals surface area contributed by atoms with Crippen LogP contribution in [0.25, 0.3) is 0 Å². The van der Waals surface area contributed by atoms with Crippen LogP contribution in [0.5, 0.6) is 0 Å². The number of nitrogens with one attached hydrogen (secondary N) is 1. The molecular weight excluding hydrogens is 252 g/mol. The first kappa shape index (κ1) is 9.14. The van der Waals surface area contributed by atoms with Gasteiger partial charge >= 0.3 is 0 Å². The number of amides is 1. The average Bonchev–Trinajstić information content (AvgIpc) is 2.49. The first-order valence-electron chi connectivity index (χ1n) is 3.85. The molecule has 2 rings (SSSR count). The number of fused-ring (bicyclic) bond motifs is 1. The summed E-state index contributed by atoms with van der Waals surface area (Å²) in [6.45, 7) is 0.226. The lowest BCUT2D eigenvalue weighted by Crippen LogP contribution is -2.12. The number of carbonyl (C=O) groups is 1. The van der Waals surface area contributed by atoms with Gasteiger partial charge in [-0.05, 0) is 22.0 Å². The molecular formula is C8H5BrN2O3. The van der Waals surface area contributed by atoms with Gasteiger partial charge in [-0.1, -0.05) is 0 Å². The van der Waals surface area contributed by atoms with Gasteiger partial charge in [0, 0.05) is 10.5 Å². The maximum atomic E-state index is 11.3. The molecule has 0 atom stereocenters. The van der Waals surface area contributed by atoms with Crippen LogP contribution in [-0.2, 0) is 6.54 Å². The second-order valence-electron chi connectivity index (χ2n) is 2.86. The van der Waals surface area contributed by atoms with Gasteiger partial charge in [-0.15, -0.1) is 0 Å². The van der Waals surface area contributed by atoms with E-state index in [-0.39, 0.29) is 18.1 Å². The molecule has 0 unspecified atom stereocenters. The number of benzene rings is 1. The highest BCUT2D eigenvalue weighted by molar-refractivity contribution is 9.10. The maximum absolute atomic E-state index is 11.3. The largest absolute Gasteiger partial charge is 0.348 e. The third kappa shape index (κ3) is 1.19. The second kappa shape index (κ2) is 3.06. The molecule has 1 aromatic carbocycles. The van der Waals surface area contributed by atoms with Crippen LogP contribution in [0.15, 0.2) is 16.6 Å². The Kier molecular flexibility index (Phi) is 1.99. The summed E-state index contributed by atoms with van der Waals surface area (Å²) in [5.41, 5.74) is 0.815. The summed E-state index contributed by atoms with van der Waals surface area (Å²) in [7, 11) is 0. The quantitative estimate of drug-likeness (QED) is 0.613. The van der Waals surface area contributed by atoms with Gasteiger partial charge in [0.05, 0.1) is 22.6 Å². The van der Waals surface area contributed by atoms with E-state index in [0.717, 1.165) is 0 Å². The molecule has 0 radical (unpaired) electrons. The van der Waals surface area contributed by atoms with Crippen LogP contribution >= 0.6 is 15.9 Å². The van der Waals surface area contributed by atoms with Crippen molar-refractivity contribution in [3.05, 3.63) is 37.8 Å². The highest BCUT2D eigenvalue weighted by atomic mass is 79.9. The molecule has 14 heavy (non-hydrogen) atoms. The summed E-state index contributed by atoms with van der Waals surface area (Å²) in [6, 6.07) is 2.91. The molecule has 1 amide bonds. The Balaban J connectivity index is 2.70. The highest BCUT2D eigenvalue weighted by Gasteiger charge is 2.29. The van der Waals surface area contributed by atoms with E-state index >= 15 is 0 Å². The summed E-state index contributed by atoms with van der Waals surface area (Å²) in [5, 5.41) is 13.2. The van der Waals surface area contributed by atoms with Crippen molar-refractivity contribution in [2.24, 2.45) is 0 Å². The van der Waals surface area contributed by atoms with Gasteiger partial charge in [-0.3, -0.25) is 14.9 Å². The van der Waals surface area contributed by atoms with E-state index in [9.17, 15) is 14.9 Å². The molecule has 1 N–H and O–H groups in total. The van der Waals surface area contributed by atoms with Crippen LogP contribution in [0.4, 0.5) is 5.69 Å². The van der Waals surface area contributed by atoms with Crippen molar-refractivity contribution in [1.29, 1.82) is 0 Å². The summed E-state index contributed by atoms with van der Waals surface area (Å²) < 4.78 is 0.591. The first-order valence-corrected chi connectivity index (χ1v) is 4.64. The molecule has 0 aliphatic carbocycles. The van der Waals surface area contributed by atoms with Crippen LogP contribution in [-0.4, -0.2) is 10.8 Å². The van der Waals surface area contributed by atoms with Crippen molar-refractivity contribution >= 4 is 27.5 Å². The van der Waals surface area contributed by atoms with E-state index in [1.54, 1.807) is 0 Å². The number of carbonyl (C=O) groups excluding carboxylic acids is 1. The topological polar surface area (TPSA) is 72.2 Å². The van der Waals surface area contributed by atoms with Crippen molar-refractivity contribution in [3.8, 4) is 0 Å². The van der Waals surface area contributed by atoms with Crippen molar-refractivity contribution in [1.82, 2.24) is 5.32 Å². The molecule has 0 saturated carbocycles. The SMILES string of the molecule is O=C1NCc2c([N+](=O)[O-])ccc(Br)c21. The lowest BCUT2D eigenvalue weighted by Gasteiger charge is -1.99. The fourth-order valence-electron chi connectivity index (χ4n) is 1.46. The molecule has 0 spiro atoms. The van der Waals surface area contributed by atoms with E-state index < -0.39 is 4.92 Å². The molecule has 5 nitrogen and oxygen atoms in total. The lowest BCUT2D eigenvalue weighted by atomic mass is 10.1. The predicted molar refractivity (Wildman–Crippen MR) is 52.0 cm³/mol. The van der Waals surface area contributed by atoms with E-state index in [1.807, 2.05) is 0 Å². The van der Waals surface area contributed by atoms with Crippen molar-refractivity contribution in [2.75, 3.05) is 0 Å². The van der Waals surface area contributed by atoms with Gasteiger partial charge in [0.25, 0.3) is 11.6 Å². The fourth-order valence-corrected chi connectivity index (χ4v) is 2.01. The van der Waals surface area contributed by atoms with E-state index in [2.05, 4.69) is 21.2 Å². The Morgan fingerprint density at radius 2 is 2.21 bits per heavy atom. The predicted octanol–water partition coefficient (Wildman–Crippen LogP) is 1.60. The first-order chi connectivity index (χ1) is 6.61. The van der Waals surface area contributed by atoms with E-state index in [4.69, 9.17) is 0 Å². The number of nitro groups is 1. The van der Waals surface area contributed by atoms with E-state index in [0.29, 0.717) is 15.6 Å². The van der Waals surface area contributed by atoms with Crippen molar-refractivity contribution in [2.45, 2.75) is 6.54 Å². The smallest absolute Gasteiger partial charge is 0.275 e. The Morgan fingerprint density at radius 1 is 1.50 bits per heavy atom. The Labute approximate surface area is 87.4 Å². The molecule has 0 fully saturated rings. The zero-order valence-electron chi connectivity index (χ0n) is 6.91. The zero-order valence-corrected chi connectivity index (χ0v) is 8.50. The van der Waals surface area contributed by atoms with Gasteiger partial charge in [-0.2, -0.15) is 0 Å². The fraction of sp³-hybridized carbons (Fsp3) is 0.125. The standard InChI is InChI=1S/C8H5BrN2O3/c9-5-1-2-6(11(13)14)4-3-10-8(12)7(4)5/h1-2H,3H2,(H,10,12). The van der Waals surface area contributed by atoms with Gasteiger partial charge in [0.15, 0.2) is 0 Å². The highest BCUT2D eigenvalue weighted by Crippen LogP contribution is 2.31. The molecule has 72 valence electrons. The van der Waals surface area contributed by atoms with Crippen LogP contribution < -0.4 is 5.32 Å². The van der Waals surface area contributed by atoms with Gasteiger partial charge < -0.3 is 5.32 Å². The summed E-state index contributed by atoms with van der Waals surface area (Å²) >= 11 is 3.19. The number of hydrogen-bond acceptors (Lipinski definition) is 3. The third-order valence-corrected chi connectivity index (χ3v) is 2.75. The lowest BCUT2D eigenvalue weighted by molar-refractivity contribution is -0.385. The monoisotopic (exact) mass is 256 g/mol. The number of nitrogens with zero attached hydrogens (tertiary/aromatic N) is 1. The van der Waals surface area contributed by atoms with Crippen LogP contribution in [0, 0.1) is 10.1 Å². The van der Waals surface area contributed by atoms with Crippen LogP contribution in [0.2, 0.25) is 0 Å². The van der Waals surface area contributed by atoms with Crippen LogP contribution in [0.3, 0.4) is 0 Å². The minimum atomic E-state index is -0.481. The number of hydrogen-bond donors (Lipinski definition) is 1. The van der Waals surface area contributed by atoms with Gasteiger partial charge in [-0.25, -0.2) is 0 Å². The van der Waals surface area contributed by atoms with Crippen molar-refractivity contribution < 1.29 is 9.72 Å². The van der Waals surface area contributed by atoms with Crippen LogP contribution in [0.1, 0.15) is 15.9 Å². The Morgan fingerprint density at radius 3 is 2.86 bits per heavy atom. The van der Waals surface area contributed by atoms with Gasteiger partial charge in [0.2, 0.25) is 0 Å². The normalized spacial score (nSPS) is 13.6. The maximum Gasteiger partial charge on any atom is 0.275 e. The van der Waals surface area contributed by atoms with Gasteiger partial charge in [0.1, 0.15) is 0 Å². The average molecular weight is 257 g/mol.